The Morgan fingerprint density at radius 3 is 2.48 bits per heavy atom. The van der Waals surface area contributed by atoms with E-state index in [4.69, 9.17) is 9.47 Å². The molecule has 142 valence electrons. The first-order valence-electron chi connectivity index (χ1n) is 8.25. The second kappa shape index (κ2) is 9.33. The normalized spacial score (nSPS) is 10.1. The highest BCUT2D eigenvalue weighted by Gasteiger charge is 2.13. The zero-order chi connectivity index (χ0) is 19.8. The van der Waals surface area contributed by atoms with Crippen LogP contribution in [0.25, 0.3) is 0 Å². The van der Waals surface area contributed by atoms with Crippen LogP contribution in [0.1, 0.15) is 17.5 Å². The van der Waals surface area contributed by atoms with Gasteiger partial charge in [0.25, 0.3) is 11.6 Å². The molecule has 2 aromatic carbocycles. The third-order valence-corrected chi connectivity index (χ3v) is 3.67. The number of carbonyl (C=O) groups is 2. The average Bonchev–Trinajstić information content (AvgIpc) is 2.63. The van der Waals surface area contributed by atoms with Gasteiger partial charge in [0.15, 0.2) is 6.61 Å². The summed E-state index contributed by atoms with van der Waals surface area (Å²) < 4.78 is 10.3. The number of hydrogen-bond acceptors (Lipinski definition) is 6. The predicted octanol–water partition coefficient (Wildman–Crippen LogP) is 3.16. The standard InChI is InChI=1S/C19H20N2O6/c1-13-3-7-16(8-4-13)26-10-9-19(23)27-12-18(22)20-17-11-15(21(24)25)6-5-14(17)2/h3-8,11H,9-10,12H2,1-2H3,(H,20,22). The molecule has 0 aliphatic heterocycles. The van der Waals surface area contributed by atoms with Crippen molar-refractivity contribution in [2.45, 2.75) is 20.3 Å². The Morgan fingerprint density at radius 2 is 1.81 bits per heavy atom. The van der Waals surface area contributed by atoms with E-state index in [-0.39, 0.29) is 18.7 Å². The second-order valence-corrected chi connectivity index (χ2v) is 5.88. The molecule has 0 aliphatic rings. The molecular formula is C19H20N2O6. The maximum atomic E-state index is 11.9. The van der Waals surface area contributed by atoms with E-state index in [1.165, 1.54) is 18.2 Å². The van der Waals surface area contributed by atoms with Crippen LogP contribution in [0.2, 0.25) is 0 Å². The maximum absolute atomic E-state index is 11.9. The van der Waals surface area contributed by atoms with E-state index in [1.807, 2.05) is 19.1 Å². The molecule has 0 aliphatic carbocycles. The molecule has 2 aromatic rings. The molecule has 8 heteroatoms. The molecular weight excluding hydrogens is 352 g/mol. The number of nitrogens with one attached hydrogen (secondary N) is 1. The van der Waals surface area contributed by atoms with E-state index < -0.39 is 23.4 Å². The third-order valence-electron chi connectivity index (χ3n) is 3.67. The van der Waals surface area contributed by atoms with Gasteiger partial charge in [-0.3, -0.25) is 19.7 Å². The van der Waals surface area contributed by atoms with Crippen LogP contribution in [0, 0.1) is 24.0 Å². The van der Waals surface area contributed by atoms with Gasteiger partial charge in [-0.15, -0.1) is 0 Å². The van der Waals surface area contributed by atoms with E-state index in [9.17, 15) is 19.7 Å². The summed E-state index contributed by atoms with van der Waals surface area (Å²) in [5.74, 6) is -0.508. The largest absolute Gasteiger partial charge is 0.493 e. The molecule has 1 amide bonds. The number of nitrogens with zero attached hydrogens (tertiary/aromatic N) is 1. The Kier molecular flexibility index (Phi) is 6.87. The Morgan fingerprint density at radius 1 is 1.11 bits per heavy atom. The number of carbonyl (C=O) groups excluding carboxylic acids is 2. The molecule has 8 nitrogen and oxygen atoms in total. The number of nitro benzene ring substituents is 1. The van der Waals surface area contributed by atoms with Crippen LogP contribution in [0.5, 0.6) is 5.75 Å². The number of non-ortho nitro benzene ring substituents is 1. The quantitative estimate of drug-likeness (QED) is 0.433. The first-order valence-corrected chi connectivity index (χ1v) is 8.25. The highest BCUT2D eigenvalue weighted by molar-refractivity contribution is 5.93. The first kappa shape index (κ1) is 19.9. The van der Waals surface area contributed by atoms with Gasteiger partial charge in [0, 0.05) is 12.1 Å². The van der Waals surface area contributed by atoms with Crippen molar-refractivity contribution >= 4 is 23.3 Å². The molecule has 0 atom stereocenters. The molecule has 27 heavy (non-hydrogen) atoms. The molecule has 0 unspecified atom stereocenters. The van der Waals surface area contributed by atoms with E-state index >= 15 is 0 Å². The van der Waals surface area contributed by atoms with Crippen molar-refractivity contribution in [3.8, 4) is 5.75 Å². The van der Waals surface area contributed by atoms with Crippen molar-refractivity contribution in [2.24, 2.45) is 0 Å². The summed E-state index contributed by atoms with van der Waals surface area (Å²) in [6.07, 6.45) is -0.00298. The highest BCUT2D eigenvalue weighted by atomic mass is 16.6. The van der Waals surface area contributed by atoms with Crippen LogP contribution >= 0.6 is 0 Å². The van der Waals surface area contributed by atoms with E-state index in [2.05, 4.69) is 5.32 Å². The number of hydrogen-bond donors (Lipinski definition) is 1. The molecule has 0 bridgehead atoms. The van der Waals surface area contributed by atoms with Gasteiger partial charge in [-0.1, -0.05) is 23.8 Å². The van der Waals surface area contributed by atoms with Crippen LogP contribution in [0.3, 0.4) is 0 Å². The Hall–Kier alpha value is -3.42. The minimum atomic E-state index is -0.577. The van der Waals surface area contributed by atoms with Crippen LogP contribution in [0.15, 0.2) is 42.5 Å². The lowest BCUT2D eigenvalue weighted by Crippen LogP contribution is -2.22. The van der Waals surface area contributed by atoms with Crippen molar-refractivity contribution in [3.63, 3.8) is 0 Å². The van der Waals surface area contributed by atoms with E-state index in [0.29, 0.717) is 17.0 Å². The third kappa shape index (κ3) is 6.43. The fraction of sp³-hybridized carbons (Fsp3) is 0.263. The van der Waals surface area contributed by atoms with E-state index in [0.717, 1.165) is 5.56 Å². The molecule has 0 aromatic heterocycles. The summed E-state index contributed by atoms with van der Waals surface area (Å²) in [6, 6.07) is 11.5. The van der Waals surface area contributed by atoms with Gasteiger partial charge >= 0.3 is 5.97 Å². The minimum Gasteiger partial charge on any atom is -0.493 e. The molecule has 0 heterocycles. The number of esters is 1. The van der Waals surface area contributed by atoms with Crippen molar-refractivity contribution < 1.29 is 24.0 Å². The lowest BCUT2D eigenvalue weighted by atomic mass is 10.2. The number of anilines is 1. The van der Waals surface area contributed by atoms with Crippen molar-refractivity contribution in [3.05, 3.63) is 63.7 Å². The number of ether oxygens (including phenoxy) is 2. The summed E-state index contributed by atoms with van der Waals surface area (Å²) >= 11 is 0. The molecule has 0 spiro atoms. The number of benzene rings is 2. The smallest absolute Gasteiger partial charge is 0.309 e. The average molecular weight is 372 g/mol. The van der Waals surface area contributed by atoms with Gasteiger partial charge in [0.1, 0.15) is 5.75 Å². The summed E-state index contributed by atoms with van der Waals surface area (Å²) in [5.41, 5.74) is 1.92. The number of nitro groups is 1. The van der Waals surface area contributed by atoms with Crippen LogP contribution in [-0.2, 0) is 14.3 Å². The molecule has 0 saturated carbocycles. The van der Waals surface area contributed by atoms with E-state index in [1.54, 1.807) is 19.1 Å². The number of rotatable bonds is 8. The van der Waals surface area contributed by atoms with Crippen LogP contribution in [-0.4, -0.2) is 30.0 Å². The van der Waals surface area contributed by atoms with Crippen LogP contribution < -0.4 is 10.1 Å². The van der Waals surface area contributed by atoms with Gasteiger partial charge in [-0.25, -0.2) is 0 Å². The predicted molar refractivity (Wildman–Crippen MR) is 98.7 cm³/mol. The zero-order valence-electron chi connectivity index (χ0n) is 15.1. The van der Waals surface area contributed by atoms with Gasteiger partial charge < -0.3 is 14.8 Å². The summed E-state index contributed by atoms with van der Waals surface area (Å²) in [4.78, 5) is 33.8. The number of amides is 1. The van der Waals surface area contributed by atoms with Gasteiger partial charge in [-0.2, -0.15) is 0 Å². The summed E-state index contributed by atoms with van der Waals surface area (Å²) in [6.45, 7) is 3.31. The molecule has 0 radical (unpaired) electrons. The zero-order valence-corrected chi connectivity index (χ0v) is 15.1. The lowest BCUT2D eigenvalue weighted by Gasteiger charge is -2.09. The highest BCUT2D eigenvalue weighted by Crippen LogP contribution is 2.21. The Bertz CT molecular complexity index is 833. The second-order valence-electron chi connectivity index (χ2n) is 5.88. The number of aryl methyl sites for hydroxylation is 2. The van der Waals surface area contributed by atoms with Gasteiger partial charge in [0.2, 0.25) is 0 Å². The van der Waals surface area contributed by atoms with Crippen molar-refractivity contribution in [1.29, 1.82) is 0 Å². The topological polar surface area (TPSA) is 108 Å². The van der Waals surface area contributed by atoms with Crippen LogP contribution in [0.4, 0.5) is 11.4 Å². The molecule has 1 N–H and O–H groups in total. The monoisotopic (exact) mass is 372 g/mol. The summed E-state index contributed by atoms with van der Waals surface area (Å²) in [7, 11) is 0. The molecule has 0 fully saturated rings. The fourth-order valence-electron chi connectivity index (χ4n) is 2.15. The SMILES string of the molecule is Cc1ccc(OCCC(=O)OCC(=O)Nc2cc([N+](=O)[O-])ccc2C)cc1. The lowest BCUT2D eigenvalue weighted by molar-refractivity contribution is -0.384. The summed E-state index contributed by atoms with van der Waals surface area (Å²) in [5, 5.41) is 13.3. The first-order chi connectivity index (χ1) is 12.8. The minimum absolute atomic E-state index is 0.00298. The van der Waals surface area contributed by atoms with Gasteiger partial charge in [0.05, 0.1) is 23.6 Å². The Labute approximate surface area is 156 Å². The molecule has 2 rings (SSSR count). The fourth-order valence-corrected chi connectivity index (χ4v) is 2.15. The van der Waals surface area contributed by atoms with Gasteiger partial charge in [-0.05, 0) is 31.5 Å². The van der Waals surface area contributed by atoms with Crippen molar-refractivity contribution in [1.82, 2.24) is 0 Å². The molecule has 0 saturated heterocycles. The van der Waals surface area contributed by atoms with Crippen molar-refractivity contribution in [2.75, 3.05) is 18.5 Å². The Balaban J connectivity index is 1.75. The maximum Gasteiger partial charge on any atom is 0.309 e.